The number of hydrogen-bond acceptors (Lipinski definition) is 4. The van der Waals surface area contributed by atoms with E-state index in [2.05, 4.69) is 4.84 Å². The van der Waals surface area contributed by atoms with Crippen LogP contribution in [0.5, 0.6) is 0 Å². The Bertz CT molecular complexity index is 136. The van der Waals surface area contributed by atoms with Crippen molar-refractivity contribution in [1.82, 2.24) is 0 Å². The topological polar surface area (TPSA) is 53.7 Å². The highest BCUT2D eigenvalue weighted by atomic mass is 16.6. The van der Waals surface area contributed by atoms with Crippen LogP contribution in [-0.4, -0.2) is 26.4 Å². The van der Waals surface area contributed by atoms with Crippen molar-refractivity contribution >= 4 is 0 Å². The second-order valence-corrected chi connectivity index (χ2v) is 2.21. The Hall–Kier alpha value is -0.580. The Balaban J connectivity index is 1.69. The molecule has 4 nitrogen and oxygen atoms in total. The predicted octanol–water partition coefficient (Wildman–Crippen LogP) is 0.198. The molecule has 0 heterocycles. The number of ether oxygens (including phenoxy) is 2. The van der Waals surface area contributed by atoms with Gasteiger partial charge in [0.1, 0.15) is 6.61 Å². The van der Waals surface area contributed by atoms with E-state index in [1.165, 1.54) is 0 Å². The van der Waals surface area contributed by atoms with Gasteiger partial charge in [0.15, 0.2) is 0 Å². The lowest BCUT2D eigenvalue weighted by atomic mass is 10.7. The summed E-state index contributed by atoms with van der Waals surface area (Å²) in [6, 6.07) is 0. The van der Waals surface area contributed by atoms with Gasteiger partial charge in [-0.15, -0.1) is 0 Å². The average molecular weight is 159 g/mol. The molecule has 0 aromatic rings. The monoisotopic (exact) mass is 159 g/mol. The van der Waals surface area contributed by atoms with Crippen molar-refractivity contribution < 1.29 is 14.3 Å². The summed E-state index contributed by atoms with van der Waals surface area (Å²) >= 11 is 0. The standard InChI is InChI=1S/C7H13NO3/c8-11-6-4-9-3-5-10-7-1-2-7/h1H,2-6,8H2. The van der Waals surface area contributed by atoms with Crippen molar-refractivity contribution in [3.8, 4) is 0 Å². The molecule has 0 aromatic carbocycles. The van der Waals surface area contributed by atoms with Crippen molar-refractivity contribution in [2.24, 2.45) is 5.90 Å². The molecule has 0 aromatic heterocycles. The summed E-state index contributed by atoms with van der Waals surface area (Å²) in [7, 11) is 0. The van der Waals surface area contributed by atoms with E-state index in [9.17, 15) is 0 Å². The van der Waals surface area contributed by atoms with E-state index in [0.29, 0.717) is 26.4 Å². The van der Waals surface area contributed by atoms with E-state index in [0.717, 1.165) is 12.2 Å². The normalized spacial score (nSPS) is 14.5. The van der Waals surface area contributed by atoms with Crippen molar-refractivity contribution in [2.45, 2.75) is 6.42 Å². The first-order valence-electron chi connectivity index (χ1n) is 3.65. The highest BCUT2D eigenvalue weighted by molar-refractivity contribution is 5.13. The van der Waals surface area contributed by atoms with Crippen LogP contribution in [0.3, 0.4) is 0 Å². The fraction of sp³-hybridized carbons (Fsp3) is 0.714. The molecule has 0 spiro atoms. The van der Waals surface area contributed by atoms with Gasteiger partial charge in [0.2, 0.25) is 0 Å². The second kappa shape index (κ2) is 5.12. The molecule has 1 aliphatic carbocycles. The zero-order valence-corrected chi connectivity index (χ0v) is 6.41. The van der Waals surface area contributed by atoms with Crippen LogP contribution in [-0.2, 0) is 14.3 Å². The molecular formula is C7H13NO3. The minimum Gasteiger partial charge on any atom is -0.496 e. The van der Waals surface area contributed by atoms with Gasteiger partial charge in [-0.1, -0.05) is 0 Å². The van der Waals surface area contributed by atoms with Crippen molar-refractivity contribution in [2.75, 3.05) is 26.4 Å². The highest BCUT2D eigenvalue weighted by Crippen LogP contribution is 2.18. The maximum absolute atomic E-state index is 5.20. The molecule has 0 unspecified atom stereocenters. The quantitative estimate of drug-likeness (QED) is 0.426. The van der Waals surface area contributed by atoms with Gasteiger partial charge >= 0.3 is 0 Å². The summed E-state index contributed by atoms with van der Waals surface area (Å²) in [5.74, 6) is 5.85. The van der Waals surface area contributed by atoms with Crippen molar-refractivity contribution in [1.29, 1.82) is 0 Å². The third kappa shape index (κ3) is 4.78. The lowest BCUT2D eigenvalue weighted by molar-refractivity contribution is 0.0283. The van der Waals surface area contributed by atoms with Gasteiger partial charge in [-0.25, -0.2) is 5.90 Å². The average Bonchev–Trinajstić information content (AvgIpc) is 2.80. The van der Waals surface area contributed by atoms with Crippen LogP contribution < -0.4 is 5.90 Å². The lowest BCUT2D eigenvalue weighted by Gasteiger charge is -2.02. The molecule has 1 rings (SSSR count). The van der Waals surface area contributed by atoms with Crippen LogP contribution in [0.1, 0.15) is 6.42 Å². The molecule has 0 atom stereocenters. The van der Waals surface area contributed by atoms with Crippen LogP contribution in [0.25, 0.3) is 0 Å². The van der Waals surface area contributed by atoms with Crippen molar-refractivity contribution in [3.63, 3.8) is 0 Å². The Morgan fingerprint density at radius 2 is 2.00 bits per heavy atom. The Morgan fingerprint density at radius 1 is 1.27 bits per heavy atom. The smallest absolute Gasteiger partial charge is 0.111 e. The van der Waals surface area contributed by atoms with E-state index >= 15 is 0 Å². The fourth-order valence-electron chi connectivity index (χ4n) is 0.600. The molecule has 2 N–H and O–H groups in total. The molecule has 0 saturated heterocycles. The Morgan fingerprint density at radius 3 is 2.64 bits per heavy atom. The van der Waals surface area contributed by atoms with Gasteiger partial charge < -0.3 is 14.3 Å². The molecule has 0 saturated carbocycles. The molecule has 4 heteroatoms. The lowest BCUT2D eigenvalue weighted by Crippen LogP contribution is -2.10. The molecule has 0 fully saturated rings. The summed E-state index contributed by atoms with van der Waals surface area (Å²) in [6.45, 7) is 2.18. The van der Waals surface area contributed by atoms with Gasteiger partial charge in [-0.05, 0) is 6.08 Å². The van der Waals surface area contributed by atoms with E-state index in [-0.39, 0.29) is 0 Å². The molecule has 0 aliphatic heterocycles. The largest absolute Gasteiger partial charge is 0.496 e. The summed E-state index contributed by atoms with van der Waals surface area (Å²) in [6.07, 6.45) is 3.04. The van der Waals surface area contributed by atoms with Crippen molar-refractivity contribution in [3.05, 3.63) is 11.8 Å². The van der Waals surface area contributed by atoms with Gasteiger partial charge in [0.05, 0.1) is 25.6 Å². The third-order valence-corrected chi connectivity index (χ3v) is 1.23. The van der Waals surface area contributed by atoms with E-state index < -0.39 is 0 Å². The van der Waals surface area contributed by atoms with Crippen LogP contribution >= 0.6 is 0 Å². The first kappa shape index (κ1) is 8.52. The third-order valence-electron chi connectivity index (χ3n) is 1.23. The minimum absolute atomic E-state index is 0.433. The minimum atomic E-state index is 0.433. The zero-order valence-electron chi connectivity index (χ0n) is 6.41. The van der Waals surface area contributed by atoms with Crippen LogP contribution in [0.2, 0.25) is 0 Å². The second-order valence-electron chi connectivity index (χ2n) is 2.21. The molecule has 11 heavy (non-hydrogen) atoms. The molecule has 1 aliphatic rings. The SMILES string of the molecule is NOCCOCCOC1=CC1. The Labute approximate surface area is 65.9 Å². The Kier molecular flexibility index (Phi) is 3.96. The molecule has 0 radical (unpaired) electrons. The molecule has 0 amide bonds. The maximum Gasteiger partial charge on any atom is 0.111 e. The van der Waals surface area contributed by atoms with Gasteiger partial charge in [0, 0.05) is 6.42 Å². The van der Waals surface area contributed by atoms with Gasteiger partial charge in [-0.3, -0.25) is 0 Å². The summed E-state index contributed by atoms with van der Waals surface area (Å²) in [4.78, 5) is 4.30. The van der Waals surface area contributed by atoms with Crippen LogP contribution in [0.4, 0.5) is 0 Å². The number of allylic oxidation sites excluding steroid dienone is 2. The van der Waals surface area contributed by atoms with Crippen LogP contribution in [0.15, 0.2) is 11.8 Å². The van der Waals surface area contributed by atoms with E-state index in [4.69, 9.17) is 15.4 Å². The summed E-state index contributed by atoms with van der Waals surface area (Å²) in [5.41, 5.74) is 0. The maximum atomic E-state index is 5.20. The van der Waals surface area contributed by atoms with E-state index in [1.807, 2.05) is 6.08 Å². The molecular weight excluding hydrogens is 146 g/mol. The number of nitrogens with two attached hydrogens (primary N) is 1. The molecule has 0 bridgehead atoms. The first-order chi connectivity index (χ1) is 5.43. The highest BCUT2D eigenvalue weighted by Gasteiger charge is 2.06. The number of rotatable bonds is 7. The number of hydrogen-bond donors (Lipinski definition) is 1. The fourth-order valence-corrected chi connectivity index (χ4v) is 0.600. The van der Waals surface area contributed by atoms with Crippen LogP contribution in [0, 0.1) is 0 Å². The molecule has 64 valence electrons. The summed E-state index contributed by atoms with van der Waals surface area (Å²) < 4.78 is 10.3. The van der Waals surface area contributed by atoms with Gasteiger partial charge in [-0.2, -0.15) is 0 Å². The first-order valence-corrected chi connectivity index (χ1v) is 3.65. The van der Waals surface area contributed by atoms with E-state index in [1.54, 1.807) is 0 Å². The summed E-state index contributed by atoms with van der Waals surface area (Å²) in [5, 5.41) is 0. The zero-order chi connectivity index (χ0) is 7.94. The predicted molar refractivity (Wildman–Crippen MR) is 39.6 cm³/mol. The van der Waals surface area contributed by atoms with Gasteiger partial charge in [0.25, 0.3) is 0 Å².